The molecule has 2 aromatic carbocycles. The van der Waals surface area contributed by atoms with Gasteiger partial charge in [0, 0.05) is 23.6 Å². The van der Waals surface area contributed by atoms with Gasteiger partial charge < -0.3 is 14.6 Å². The maximum absolute atomic E-state index is 12.3. The highest BCUT2D eigenvalue weighted by molar-refractivity contribution is 6.31. The average molecular weight is 403 g/mol. The Hall–Kier alpha value is -2.57. The number of hydrogen-bond donors (Lipinski definition) is 2. The maximum atomic E-state index is 12.3. The summed E-state index contributed by atoms with van der Waals surface area (Å²) in [7, 11) is 4.08. The van der Waals surface area contributed by atoms with E-state index in [0.717, 1.165) is 11.1 Å². The molecular formula is C21H25ClN3O3+. The minimum Gasteiger partial charge on any atom is -0.408 e. The third-order valence-electron chi connectivity index (χ3n) is 4.84. The van der Waals surface area contributed by atoms with Crippen molar-refractivity contribution in [2.45, 2.75) is 25.4 Å². The molecule has 1 atom stereocenters. The van der Waals surface area contributed by atoms with Crippen molar-refractivity contribution in [2.24, 2.45) is 0 Å². The lowest BCUT2D eigenvalue weighted by Crippen LogP contribution is -3.07. The fourth-order valence-electron chi connectivity index (χ4n) is 3.31. The van der Waals surface area contributed by atoms with E-state index in [1.165, 1.54) is 4.90 Å². The Labute approximate surface area is 168 Å². The minimum atomic E-state index is -0.392. The van der Waals surface area contributed by atoms with Crippen LogP contribution >= 0.6 is 11.6 Å². The van der Waals surface area contributed by atoms with E-state index < -0.39 is 5.76 Å². The Balaban J connectivity index is 1.54. The smallest absolute Gasteiger partial charge is 0.408 e. The van der Waals surface area contributed by atoms with E-state index in [9.17, 15) is 9.59 Å². The molecule has 0 saturated heterocycles. The lowest BCUT2D eigenvalue weighted by molar-refractivity contribution is -0.890. The van der Waals surface area contributed by atoms with Crippen molar-refractivity contribution < 1.29 is 14.1 Å². The first-order chi connectivity index (χ1) is 13.5. The lowest BCUT2D eigenvalue weighted by atomic mass is 10.1. The largest absolute Gasteiger partial charge is 0.419 e. The molecule has 3 aromatic rings. The van der Waals surface area contributed by atoms with Gasteiger partial charge in [0.15, 0.2) is 5.58 Å². The van der Waals surface area contributed by atoms with E-state index in [0.29, 0.717) is 36.5 Å². The number of nitrogens with one attached hydrogen (secondary N) is 2. The molecule has 0 unspecified atom stereocenters. The number of carbonyl (C=O) groups is 1. The highest BCUT2D eigenvalue weighted by atomic mass is 35.5. The van der Waals surface area contributed by atoms with Crippen molar-refractivity contribution >= 4 is 28.6 Å². The molecule has 3 rings (SSSR count). The van der Waals surface area contributed by atoms with Crippen molar-refractivity contribution in [3.8, 4) is 0 Å². The summed E-state index contributed by atoms with van der Waals surface area (Å²) in [4.78, 5) is 25.5. The first-order valence-electron chi connectivity index (χ1n) is 9.37. The van der Waals surface area contributed by atoms with Crippen LogP contribution in [0.15, 0.2) is 57.7 Å². The molecule has 0 aliphatic rings. The molecule has 0 radical (unpaired) electrons. The number of para-hydroxylation sites is 2. The molecule has 0 saturated carbocycles. The molecular weight excluding hydrogens is 378 g/mol. The van der Waals surface area contributed by atoms with Crippen molar-refractivity contribution in [3.63, 3.8) is 0 Å². The molecule has 0 aliphatic carbocycles. The number of rotatable bonds is 8. The van der Waals surface area contributed by atoms with Crippen LogP contribution in [0.4, 0.5) is 0 Å². The van der Waals surface area contributed by atoms with Gasteiger partial charge in [0.05, 0.1) is 26.2 Å². The monoisotopic (exact) mass is 402 g/mol. The zero-order valence-corrected chi connectivity index (χ0v) is 16.8. The Bertz CT molecular complexity index is 1010. The third-order valence-corrected chi connectivity index (χ3v) is 5.18. The van der Waals surface area contributed by atoms with E-state index in [-0.39, 0.29) is 11.9 Å². The summed E-state index contributed by atoms with van der Waals surface area (Å²) in [6, 6.07) is 15.1. The number of hydrogen-bond acceptors (Lipinski definition) is 3. The van der Waals surface area contributed by atoms with Gasteiger partial charge in [-0.1, -0.05) is 41.9 Å². The molecule has 0 aliphatic heterocycles. The topological polar surface area (TPSA) is 68.7 Å². The number of aryl methyl sites for hydroxylation is 1. The van der Waals surface area contributed by atoms with Crippen LogP contribution in [0.1, 0.15) is 24.4 Å². The van der Waals surface area contributed by atoms with Crippen molar-refractivity contribution in [1.82, 2.24) is 9.88 Å². The van der Waals surface area contributed by atoms with Gasteiger partial charge in [0.2, 0.25) is 5.91 Å². The second kappa shape index (κ2) is 9.08. The fraction of sp³-hybridized carbons (Fsp3) is 0.333. The number of quaternary nitrogens is 1. The van der Waals surface area contributed by atoms with Crippen molar-refractivity contribution in [3.05, 3.63) is 69.7 Å². The summed E-state index contributed by atoms with van der Waals surface area (Å²) >= 11 is 6.31. The molecule has 1 aromatic heterocycles. The molecule has 1 amide bonds. The van der Waals surface area contributed by atoms with Crippen molar-refractivity contribution in [1.29, 1.82) is 0 Å². The van der Waals surface area contributed by atoms with E-state index in [2.05, 4.69) is 5.32 Å². The van der Waals surface area contributed by atoms with Crippen LogP contribution in [-0.4, -0.2) is 31.1 Å². The first-order valence-corrected chi connectivity index (χ1v) is 9.74. The van der Waals surface area contributed by atoms with Crippen LogP contribution < -0.4 is 16.0 Å². The van der Waals surface area contributed by atoms with Crippen LogP contribution in [0.25, 0.3) is 11.1 Å². The standard InChI is InChI=1S/C21H24ClN3O3/c1-24(2)18(15-8-3-4-9-16(15)22)14-23-20(26)12-7-13-25-17-10-5-6-11-19(17)28-21(25)27/h3-6,8-11,18H,7,12-14H2,1-2H3,(H,23,26)/p+1/t18-/m0/s1. The summed E-state index contributed by atoms with van der Waals surface area (Å²) in [6.45, 7) is 0.940. The Morgan fingerprint density at radius 3 is 2.64 bits per heavy atom. The molecule has 0 bridgehead atoms. The van der Waals surface area contributed by atoms with Crippen LogP contribution in [0.5, 0.6) is 0 Å². The van der Waals surface area contributed by atoms with E-state index in [4.69, 9.17) is 16.0 Å². The highest BCUT2D eigenvalue weighted by Gasteiger charge is 2.21. The molecule has 0 fully saturated rings. The Morgan fingerprint density at radius 1 is 1.18 bits per heavy atom. The van der Waals surface area contributed by atoms with Crippen LogP contribution in [0.2, 0.25) is 5.02 Å². The quantitative estimate of drug-likeness (QED) is 0.605. The molecule has 0 spiro atoms. The summed E-state index contributed by atoms with van der Waals surface area (Å²) in [5.74, 6) is -0.434. The van der Waals surface area contributed by atoms with Gasteiger partial charge in [-0.25, -0.2) is 4.79 Å². The van der Waals surface area contributed by atoms with Gasteiger partial charge in [-0.15, -0.1) is 0 Å². The van der Waals surface area contributed by atoms with Crippen LogP contribution in [0, 0.1) is 0 Å². The number of nitrogens with zero attached hydrogens (tertiary/aromatic N) is 1. The maximum Gasteiger partial charge on any atom is 0.419 e. The van der Waals surface area contributed by atoms with Crippen LogP contribution in [0.3, 0.4) is 0 Å². The van der Waals surface area contributed by atoms with Gasteiger partial charge in [-0.3, -0.25) is 9.36 Å². The Morgan fingerprint density at radius 2 is 1.89 bits per heavy atom. The first kappa shape index (κ1) is 20.2. The number of amides is 1. The number of fused-ring (bicyclic) bond motifs is 1. The van der Waals surface area contributed by atoms with Gasteiger partial charge in [-0.2, -0.15) is 0 Å². The minimum absolute atomic E-state index is 0.0425. The van der Waals surface area contributed by atoms with Gasteiger partial charge in [0.25, 0.3) is 0 Å². The zero-order chi connectivity index (χ0) is 20.1. The number of likely N-dealkylation sites (N-methyl/N-ethyl adjacent to an activating group) is 1. The SMILES string of the molecule is C[NH+](C)[C@@H](CNC(=O)CCCn1c(=O)oc2ccccc21)c1ccccc1Cl. The average Bonchev–Trinajstić information content (AvgIpc) is 2.98. The van der Waals surface area contributed by atoms with Gasteiger partial charge >= 0.3 is 5.76 Å². The lowest BCUT2D eigenvalue weighted by Gasteiger charge is -2.23. The highest BCUT2D eigenvalue weighted by Crippen LogP contribution is 2.20. The molecule has 2 N–H and O–H groups in total. The predicted octanol–water partition coefficient (Wildman–Crippen LogP) is 2.03. The number of benzene rings is 2. The summed E-state index contributed by atoms with van der Waals surface area (Å²) in [6.07, 6.45) is 0.894. The zero-order valence-electron chi connectivity index (χ0n) is 16.1. The normalized spacial score (nSPS) is 12.4. The molecule has 6 nitrogen and oxygen atoms in total. The summed E-state index contributed by atoms with van der Waals surface area (Å²) < 4.78 is 6.78. The van der Waals surface area contributed by atoms with Gasteiger partial charge in [0.1, 0.15) is 6.04 Å². The molecule has 1 heterocycles. The number of oxazole rings is 1. The predicted molar refractivity (Wildman–Crippen MR) is 110 cm³/mol. The Kier molecular flexibility index (Phi) is 6.54. The van der Waals surface area contributed by atoms with E-state index >= 15 is 0 Å². The van der Waals surface area contributed by atoms with E-state index in [1.807, 2.05) is 56.6 Å². The van der Waals surface area contributed by atoms with Gasteiger partial charge in [-0.05, 0) is 24.6 Å². The molecule has 28 heavy (non-hydrogen) atoms. The second-order valence-corrected chi connectivity index (χ2v) is 7.45. The third kappa shape index (κ3) is 4.64. The number of carbonyl (C=O) groups excluding carboxylic acids is 1. The molecule has 7 heteroatoms. The summed E-state index contributed by atoms with van der Waals surface area (Å²) in [5, 5.41) is 3.70. The summed E-state index contributed by atoms with van der Waals surface area (Å²) in [5.41, 5.74) is 2.33. The number of aromatic nitrogens is 1. The van der Waals surface area contributed by atoms with Crippen LogP contribution in [-0.2, 0) is 11.3 Å². The fourth-order valence-corrected chi connectivity index (χ4v) is 3.58. The second-order valence-electron chi connectivity index (χ2n) is 7.05. The molecule has 148 valence electrons. The van der Waals surface area contributed by atoms with E-state index in [1.54, 1.807) is 10.6 Å². The number of halogens is 1. The van der Waals surface area contributed by atoms with Crippen molar-refractivity contribution in [2.75, 3.05) is 20.6 Å².